The molecule has 0 heterocycles. The van der Waals surface area contributed by atoms with Gasteiger partial charge in [-0.1, -0.05) is 29.8 Å². The van der Waals surface area contributed by atoms with Crippen molar-refractivity contribution in [3.63, 3.8) is 0 Å². The van der Waals surface area contributed by atoms with E-state index in [1.807, 2.05) is 37.3 Å². The zero-order valence-corrected chi connectivity index (χ0v) is 13.0. The molecule has 0 amide bonds. The van der Waals surface area contributed by atoms with Crippen molar-refractivity contribution < 1.29 is 14.7 Å². The van der Waals surface area contributed by atoms with E-state index >= 15 is 0 Å². The van der Waals surface area contributed by atoms with Crippen LogP contribution in [0.3, 0.4) is 0 Å². The number of nitrogens with one attached hydrogen (secondary N) is 1. The summed E-state index contributed by atoms with van der Waals surface area (Å²) in [4.78, 5) is 23.2. The molecule has 23 heavy (non-hydrogen) atoms. The van der Waals surface area contributed by atoms with Crippen molar-refractivity contribution in [1.29, 1.82) is 0 Å². The van der Waals surface area contributed by atoms with Crippen molar-refractivity contribution in [2.75, 3.05) is 11.9 Å². The third kappa shape index (κ3) is 3.77. The minimum Gasteiger partial charge on any atom is -0.478 e. The molecule has 1 aliphatic rings. The van der Waals surface area contributed by atoms with E-state index in [0.29, 0.717) is 5.69 Å². The predicted octanol–water partition coefficient (Wildman–Crippen LogP) is 3.75. The highest BCUT2D eigenvalue weighted by Gasteiger charge is 2.28. The van der Waals surface area contributed by atoms with Gasteiger partial charge in [0.15, 0.2) is 5.78 Å². The summed E-state index contributed by atoms with van der Waals surface area (Å²) in [6.45, 7) is 2.26. The number of carbonyl (C=O) groups is 2. The number of carbonyl (C=O) groups excluding carboxylic acids is 1. The molecule has 4 heteroatoms. The van der Waals surface area contributed by atoms with Crippen LogP contribution in [-0.2, 0) is 4.79 Å². The van der Waals surface area contributed by atoms with Gasteiger partial charge in [-0.15, -0.1) is 0 Å². The van der Waals surface area contributed by atoms with E-state index in [2.05, 4.69) is 5.32 Å². The number of ketones is 1. The van der Waals surface area contributed by atoms with Gasteiger partial charge in [0.2, 0.25) is 0 Å². The van der Waals surface area contributed by atoms with Crippen molar-refractivity contribution in [2.24, 2.45) is 5.92 Å². The molecule has 1 fully saturated rings. The maximum atomic E-state index is 11.8. The van der Waals surface area contributed by atoms with Crippen molar-refractivity contribution in [2.45, 2.75) is 19.8 Å². The van der Waals surface area contributed by atoms with Gasteiger partial charge in [-0.25, -0.2) is 4.79 Å². The van der Waals surface area contributed by atoms with Crippen LogP contribution >= 0.6 is 0 Å². The first-order valence-electron chi connectivity index (χ1n) is 7.75. The standard InChI is InChI=1S/C19H19NO3/c1-12-2-4-13(5-3-12)15-8-16(19(22)23)10-17(9-15)20-11-18(21)14-6-7-14/h2-5,8-10,14,20H,6-7,11H2,1H3,(H,22,23). The number of anilines is 1. The van der Waals surface area contributed by atoms with E-state index in [1.54, 1.807) is 12.1 Å². The molecule has 1 saturated carbocycles. The summed E-state index contributed by atoms with van der Waals surface area (Å²) in [6.07, 6.45) is 1.95. The third-order valence-corrected chi connectivity index (χ3v) is 4.06. The number of benzene rings is 2. The smallest absolute Gasteiger partial charge is 0.335 e. The van der Waals surface area contributed by atoms with Crippen LogP contribution in [0.4, 0.5) is 5.69 Å². The van der Waals surface area contributed by atoms with E-state index in [4.69, 9.17) is 0 Å². The third-order valence-electron chi connectivity index (χ3n) is 4.06. The molecular weight excluding hydrogens is 290 g/mol. The average Bonchev–Trinajstić information content (AvgIpc) is 3.38. The monoisotopic (exact) mass is 309 g/mol. The van der Waals surface area contributed by atoms with Crippen molar-refractivity contribution in [3.05, 3.63) is 53.6 Å². The summed E-state index contributed by atoms with van der Waals surface area (Å²) < 4.78 is 0. The van der Waals surface area contributed by atoms with Crippen LogP contribution in [0.1, 0.15) is 28.8 Å². The molecule has 0 unspecified atom stereocenters. The molecule has 3 rings (SSSR count). The molecular formula is C19H19NO3. The second kappa shape index (κ2) is 6.24. The Morgan fingerprint density at radius 3 is 2.39 bits per heavy atom. The average molecular weight is 309 g/mol. The molecule has 0 atom stereocenters. The lowest BCUT2D eigenvalue weighted by Crippen LogP contribution is -2.15. The molecule has 4 nitrogen and oxygen atoms in total. The number of aryl methyl sites for hydroxylation is 1. The van der Waals surface area contributed by atoms with Gasteiger partial charge in [0.05, 0.1) is 12.1 Å². The molecule has 0 saturated heterocycles. The Labute approximate surface area is 135 Å². The molecule has 1 aliphatic carbocycles. The maximum Gasteiger partial charge on any atom is 0.335 e. The molecule has 0 spiro atoms. The fraction of sp³-hybridized carbons (Fsp3) is 0.263. The molecule has 0 radical (unpaired) electrons. The van der Waals surface area contributed by atoms with Gasteiger partial charge in [-0.3, -0.25) is 4.79 Å². The Hall–Kier alpha value is -2.62. The molecule has 0 bridgehead atoms. The number of carboxylic acids is 1. The Kier molecular flexibility index (Phi) is 4.15. The normalized spacial score (nSPS) is 13.6. The summed E-state index contributed by atoms with van der Waals surface area (Å²) in [5, 5.41) is 12.4. The fourth-order valence-electron chi connectivity index (χ4n) is 2.50. The Balaban J connectivity index is 1.87. The number of hydrogen-bond donors (Lipinski definition) is 2. The molecule has 0 aliphatic heterocycles. The lowest BCUT2D eigenvalue weighted by Gasteiger charge is -2.10. The zero-order chi connectivity index (χ0) is 16.4. The first-order valence-corrected chi connectivity index (χ1v) is 7.75. The van der Waals surface area contributed by atoms with Gasteiger partial charge >= 0.3 is 5.97 Å². The quantitative estimate of drug-likeness (QED) is 0.853. The van der Waals surface area contributed by atoms with E-state index < -0.39 is 5.97 Å². The van der Waals surface area contributed by atoms with E-state index in [0.717, 1.165) is 29.5 Å². The van der Waals surface area contributed by atoms with Crippen molar-refractivity contribution in [3.8, 4) is 11.1 Å². The van der Waals surface area contributed by atoms with Gasteiger partial charge in [0, 0.05) is 11.6 Å². The second-order valence-electron chi connectivity index (χ2n) is 6.06. The minimum absolute atomic E-state index is 0.196. The van der Waals surface area contributed by atoms with Crippen molar-refractivity contribution in [1.82, 2.24) is 0 Å². The largest absolute Gasteiger partial charge is 0.478 e. The van der Waals surface area contributed by atoms with Crippen LogP contribution in [-0.4, -0.2) is 23.4 Å². The Bertz CT molecular complexity index is 746. The van der Waals surface area contributed by atoms with Crippen LogP contribution in [0.2, 0.25) is 0 Å². The van der Waals surface area contributed by atoms with Crippen LogP contribution in [0.15, 0.2) is 42.5 Å². The van der Waals surface area contributed by atoms with Gasteiger partial charge in [0.25, 0.3) is 0 Å². The van der Waals surface area contributed by atoms with E-state index in [9.17, 15) is 14.7 Å². The molecule has 2 aromatic carbocycles. The summed E-state index contributed by atoms with van der Waals surface area (Å²) in [7, 11) is 0. The number of hydrogen-bond acceptors (Lipinski definition) is 3. The number of Topliss-reactive ketones (excluding diaryl/α,β-unsaturated/α-hetero) is 1. The van der Waals surface area contributed by atoms with Crippen molar-refractivity contribution >= 4 is 17.4 Å². The topological polar surface area (TPSA) is 66.4 Å². The van der Waals surface area contributed by atoms with Gasteiger partial charge < -0.3 is 10.4 Å². The van der Waals surface area contributed by atoms with Crippen LogP contribution in [0.5, 0.6) is 0 Å². The van der Waals surface area contributed by atoms with Crippen LogP contribution in [0.25, 0.3) is 11.1 Å². The maximum absolute atomic E-state index is 11.8. The van der Waals surface area contributed by atoms with Gasteiger partial charge in [-0.05, 0) is 49.1 Å². The van der Waals surface area contributed by atoms with E-state index in [-0.39, 0.29) is 23.8 Å². The summed E-state index contributed by atoms with van der Waals surface area (Å²) in [5.41, 5.74) is 3.80. The highest BCUT2D eigenvalue weighted by molar-refractivity contribution is 5.92. The van der Waals surface area contributed by atoms with Gasteiger partial charge in [-0.2, -0.15) is 0 Å². The Morgan fingerprint density at radius 2 is 1.78 bits per heavy atom. The zero-order valence-electron chi connectivity index (χ0n) is 13.0. The fourth-order valence-corrected chi connectivity index (χ4v) is 2.50. The number of carboxylic acid groups (broad SMARTS) is 1. The summed E-state index contributed by atoms with van der Waals surface area (Å²) in [6, 6.07) is 13.0. The first kappa shape index (κ1) is 15.3. The van der Waals surface area contributed by atoms with Gasteiger partial charge in [0.1, 0.15) is 0 Å². The molecule has 0 aromatic heterocycles. The second-order valence-corrected chi connectivity index (χ2v) is 6.06. The molecule has 2 aromatic rings. The first-order chi connectivity index (χ1) is 11.0. The van der Waals surface area contributed by atoms with E-state index in [1.165, 1.54) is 0 Å². The predicted molar refractivity (Wildman–Crippen MR) is 89.8 cm³/mol. The molecule has 2 N–H and O–H groups in total. The summed E-state index contributed by atoms with van der Waals surface area (Å²) >= 11 is 0. The minimum atomic E-state index is -0.976. The Morgan fingerprint density at radius 1 is 1.09 bits per heavy atom. The number of aromatic carboxylic acids is 1. The highest BCUT2D eigenvalue weighted by atomic mass is 16.4. The van der Waals surface area contributed by atoms with Crippen LogP contribution < -0.4 is 5.32 Å². The van der Waals surface area contributed by atoms with Crippen LogP contribution in [0, 0.1) is 12.8 Å². The number of rotatable bonds is 6. The lowest BCUT2D eigenvalue weighted by molar-refractivity contribution is -0.118. The SMILES string of the molecule is Cc1ccc(-c2cc(NCC(=O)C3CC3)cc(C(=O)O)c2)cc1. The molecule has 118 valence electrons. The highest BCUT2D eigenvalue weighted by Crippen LogP contribution is 2.30. The summed E-state index contributed by atoms with van der Waals surface area (Å²) in [5.74, 6) is -0.583. The lowest BCUT2D eigenvalue weighted by atomic mass is 10.0.